The van der Waals surface area contributed by atoms with E-state index in [1.165, 1.54) is 51.7 Å². The predicted molar refractivity (Wildman–Crippen MR) is 89.0 cm³/mol. The molecule has 0 aromatic carbocycles. The first-order valence-corrected chi connectivity index (χ1v) is 9.34. The highest BCUT2D eigenvalue weighted by Gasteiger charge is 2.36. The van der Waals surface area contributed by atoms with Crippen molar-refractivity contribution in [3.8, 4) is 0 Å². The molecule has 3 aliphatic heterocycles. The van der Waals surface area contributed by atoms with Gasteiger partial charge in [0.15, 0.2) is 0 Å². The molecule has 0 saturated carbocycles. The van der Waals surface area contributed by atoms with Crippen LogP contribution in [0.1, 0.15) is 44.9 Å². The van der Waals surface area contributed by atoms with Gasteiger partial charge < -0.3 is 19.6 Å². The van der Waals surface area contributed by atoms with Crippen LogP contribution in [0.25, 0.3) is 0 Å². The molecular formula is C18H34N2O2. The summed E-state index contributed by atoms with van der Waals surface area (Å²) in [6, 6.07) is 0.824. The largest absolute Gasteiger partial charge is 0.396 e. The zero-order valence-electron chi connectivity index (χ0n) is 14.3. The van der Waals surface area contributed by atoms with E-state index in [9.17, 15) is 5.11 Å². The van der Waals surface area contributed by atoms with Crippen LogP contribution < -0.4 is 0 Å². The highest BCUT2D eigenvalue weighted by molar-refractivity contribution is 4.90. The zero-order valence-corrected chi connectivity index (χ0v) is 14.3. The molecule has 3 saturated heterocycles. The Balaban J connectivity index is 1.54. The first-order chi connectivity index (χ1) is 10.7. The van der Waals surface area contributed by atoms with Crippen LogP contribution in [0, 0.1) is 11.3 Å². The normalized spacial score (nSPS) is 32.9. The standard InChI is InChI=1S/C18H34N2O2/c1-19(14-18(15-21)7-11-22-12-8-18)13-16-5-4-10-20-9-3-2-6-17(16)20/h16-17,21H,2-15H2,1H3/t16-,17+/m0/s1. The molecule has 4 nitrogen and oxygen atoms in total. The maximum Gasteiger partial charge on any atom is 0.0501 e. The molecule has 0 aromatic heterocycles. The third-order valence-corrected chi connectivity index (χ3v) is 6.27. The Morgan fingerprint density at radius 2 is 1.91 bits per heavy atom. The molecule has 4 heteroatoms. The van der Waals surface area contributed by atoms with Crippen molar-refractivity contribution in [2.45, 2.75) is 51.0 Å². The molecule has 0 bridgehead atoms. The van der Waals surface area contributed by atoms with E-state index in [1.54, 1.807) is 0 Å². The first-order valence-electron chi connectivity index (χ1n) is 9.34. The van der Waals surface area contributed by atoms with Gasteiger partial charge in [-0.25, -0.2) is 0 Å². The lowest BCUT2D eigenvalue weighted by atomic mass is 9.79. The molecule has 3 aliphatic rings. The lowest BCUT2D eigenvalue weighted by Crippen LogP contribution is -2.52. The summed E-state index contributed by atoms with van der Waals surface area (Å²) in [4.78, 5) is 5.26. The molecule has 22 heavy (non-hydrogen) atoms. The SMILES string of the molecule is CN(C[C@@H]1CCCN2CCCC[C@H]12)CC1(CO)CCOCC1. The second kappa shape index (κ2) is 7.61. The Labute approximate surface area is 135 Å². The number of piperidine rings is 2. The number of hydrogen-bond donors (Lipinski definition) is 1. The number of aliphatic hydroxyl groups is 1. The average Bonchev–Trinajstić information content (AvgIpc) is 2.56. The van der Waals surface area contributed by atoms with E-state index in [0.29, 0.717) is 6.61 Å². The number of hydrogen-bond acceptors (Lipinski definition) is 4. The van der Waals surface area contributed by atoms with Crippen LogP contribution in [0.2, 0.25) is 0 Å². The lowest BCUT2D eigenvalue weighted by Gasteiger charge is -2.46. The van der Waals surface area contributed by atoms with Crippen molar-refractivity contribution in [3.05, 3.63) is 0 Å². The number of ether oxygens (including phenoxy) is 1. The third kappa shape index (κ3) is 3.84. The van der Waals surface area contributed by atoms with E-state index in [-0.39, 0.29) is 5.41 Å². The van der Waals surface area contributed by atoms with Crippen LogP contribution in [0.5, 0.6) is 0 Å². The van der Waals surface area contributed by atoms with Gasteiger partial charge in [-0.2, -0.15) is 0 Å². The summed E-state index contributed by atoms with van der Waals surface area (Å²) < 4.78 is 5.49. The van der Waals surface area contributed by atoms with Gasteiger partial charge in [0.2, 0.25) is 0 Å². The van der Waals surface area contributed by atoms with Crippen molar-refractivity contribution in [2.24, 2.45) is 11.3 Å². The number of aliphatic hydroxyl groups excluding tert-OH is 1. The Bertz CT molecular complexity index is 342. The van der Waals surface area contributed by atoms with Crippen LogP contribution in [0.3, 0.4) is 0 Å². The average molecular weight is 310 g/mol. The summed E-state index contributed by atoms with van der Waals surface area (Å²) in [5.74, 6) is 0.828. The van der Waals surface area contributed by atoms with Crippen LogP contribution >= 0.6 is 0 Å². The zero-order chi connectivity index (χ0) is 15.4. The minimum absolute atomic E-state index is 0.0773. The summed E-state index contributed by atoms with van der Waals surface area (Å²) in [7, 11) is 2.26. The minimum atomic E-state index is 0.0773. The van der Waals surface area contributed by atoms with Gasteiger partial charge in [-0.3, -0.25) is 0 Å². The van der Waals surface area contributed by atoms with Gasteiger partial charge >= 0.3 is 0 Å². The van der Waals surface area contributed by atoms with E-state index in [2.05, 4.69) is 16.8 Å². The van der Waals surface area contributed by atoms with Crippen molar-refractivity contribution in [1.29, 1.82) is 0 Å². The lowest BCUT2D eigenvalue weighted by molar-refractivity contribution is -0.0369. The Morgan fingerprint density at radius 1 is 1.14 bits per heavy atom. The molecule has 0 aromatic rings. The maximum absolute atomic E-state index is 9.89. The molecule has 128 valence electrons. The topological polar surface area (TPSA) is 35.9 Å². The van der Waals surface area contributed by atoms with Crippen LogP contribution in [0.15, 0.2) is 0 Å². The van der Waals surface area contributed by atoms with Crippen molar-refractivity contribution in [3.63, 3.8) is 0 Å². The van der Waals surface area contributed by atoms with Gasteiger partial charge in [-0.1, -0.05) is 6.42 Å². The molecular weight excluding hydrogens is 276 g/mol. The molecule has 3 heterocycles. The quantitative estimate of drug-likeness (QED) is 0.842. The van der Waals surface area contributed by atoms with E-state index in [4.69, 9.17) is 4.74 Å². The summed E-state index contributed by atoms with van der Waals surface area (Å²) in [6.45, 7) is 6.80. The van der Waals surface area contributed by atoms with Gasteiger partial charge in [-0.05, 0) is 64.6 Å². The first kappa shape index (κ1) is 16.7. The van der Waals surface area contributed by atoms with Gasteiger partial charge in [0.05, 0.1) is 6.61 Å². The third-order valence-electron chi connectivity index (χ3n) is 6.27. The van der Waals surface area contributed by atoms with Gasteiger partial charge in [0.1, 0.15) is 0 Å². The van der Waals surface area contributed by atoms with Gasteiger partial charge in [-0.15, -0.1) is 0 Å². The van der Waals surface area contributed by atoms with E-state index < -0.39 is 0 Å². The summed E-state index contributed by atoms with van der Waals surface area (Å²) in [6.07, 6.45) is 8.99. The summed E-state index contributed by atoms with van der Waals surface area (Å²) in [5.41, 5.74) is 0.0773. The fourth-order valence-corrected chi connectivity index (χ4v) is 5.00. The fraction of sp³-hybridized carbons (Fsp3) is 1.00. The molecule has 3 fully saturated rings. The monoisotopic (exact) mass is 310 g/mol. The molecule has 0 amide bonds. The van der Waals surface area contributed by atoms with Crippen LogP contribution in [-0.4, -0.2) is 74.0 Å². The highest BCUT2D eigenvalue weighted by atomic mass is 16.5. The Hall–Kier alpha value is -0.160. The smallest absolute Gasteiger partial charge is 0.0501 e. The van der Waals surface area contributed by atoms with E-state index >= 15 is 0 Å². The predicted octanol–water partition coefficient (Wildman–Crippen LogP) is 1.97. The maximum atomic E-state index is 9.89. The molecule has 0 unspecified atom stereocenters. The van der Waals surface area contributed by atoms with Crippen molar-refractivity contribution in [2.75, 3.05) is 53.0 Å². The summed E-state index contributed by atoms with van der Waals surface area (Å²) >= 11 is 0. The van der Waals surface area contributed by atoms with E-state index in [1.807, 2.05) is 0 Å². The van der Waals surface area contributed by atoms with E-state index in [0.717, 1.165) is 44.6 Å². The highest BCUT2D eigenvalue weighted by Crippen LogP contribution is 2.34. The van der Waals surface area contributed by atoms with Crippen LogP contribution in [0.4, 0.5) is 0 Å². The van der Waals surface area contributed by atoms with Gasteiger partial charge in [0, 0.05) is 37.8 Å². The molecule has 0 spiro atoms. The van der Waals surface area contributed by atoms with Crippen molar-refractivity contribution in [1.82, 2.24) is 9.80 Å². The van der Waals surface area contributed by atoms with Crippen molar-refractivity contribution >= 4 is 0 Å². The molecule has 0 aliphatic carbocycles. The molecule has 1 N–H and O–H groups in total. The van der Waals surface area contributed by atoms with Gasteiger partial charge in [0.25, 0.3) is 0 Å². The second-order valence-corrected chi connectivity index (χ2v) is 7.97. The Morgan fingerprint density at radius 3 is 2.68 bits per heavy atom. The number of fused-ring (bicyclic) bond motifs is 1. The van der Waals surface area contributed by atoms with Crippen molar-refractivity contribution < 1.29 is 9.84 Å². The second-order valence-electron chi connectivity index (χ2n) is 7.97. The van der Waals surface area contributed by atoms with Crippen LogP contribution in [-0.2, 0) is 4.74 Å². The fourth-order valence-electron chi connectivity index (χ4n) is 5.00. The summed E-state index contributed by atoms with van der Waals surface area (Å²) in [5, 5.41) is 9.89. The molecule has 3 rings (SSSR count). The Kier molecular flexibility index (Phi) is 5.77. The minimum Gasteiger partial charge on any atom is -0.396 e. The number of rotatable bonds is 5. The molecule has 0 radical (unpaired) electrons. The molecule has 2 atom stereocenters. The number of nitrogens with zero attached hydrogens (tertiary/aromatic N) is 2.